The average Bonchev–Trinajstić information content (AvgIpc) is 2.94. The second kappa shape index (κ2) is 7.65. The third kappa shape index (κ3) is 4.84. The van der Waals surface area contributed by atoms with Crippen LogP contribution >= 0.6 is 11.3 Å². The van der Waals surface area contributed by atoms with Crippen LogP contribution in [-0.4, -0.2) is 24.5 Å². The molecule has 8 heteroatoms. The fraction of sp³-hybridized carbons (Fsp3) is 0.400. The van der Waals surface area contributed by atoms with Crippen molar-refractivity contribution in [3.05, 3.63) is 35.3 Å². The van der Waals surface area contributed by atoms with Crippen LogP contribution in [0.25, 0.3) is 0 Å². The summed E-state index contributed by atoms with van der Waals surface area (Å²) in [6.07, 6.45) is 1.71. The highest BCUT2D eigenvalue weighted by atomic mass is 32.2. The summed E-state index contributed by atoms with van der Waals surface area (Å²) < 4.78 is 24.6. The molecule has 2 aromatic rings. The molecule has 1 atom stereocenters. The molecule has 1 amide bonds. The van der Waals surface area contributed by atoms with Crippen molar-refractivity contribution < 1.29 is 13.2 Å². The summed E-state index contributed by atoms with van der Waals surface area (Å²) in [4.78, 5) is 12.2. The predicted molar refractivity (Wildman–Crippen MR) is 89.9 cm³/mol. The molecule has 1 N–H and O–H groups in total. The molecule has 0 saturated carbocycles. The van der Waals surface area contributed by atoms with Crippen LogP contribution in [0.2, 0.25) is 0 Å². The zero-order valence-electron chi connectivity index (χ0n) is 13.0. The topological polar surface area (TPSA) is 89.0 Å². The number of carbonyl (C=O) groups is 1. The molecule has 0 aliphatic rings. The van der Waals surface area contributed by atoms with Gasteiger partial charge in [0.1, 0.15) is 10.8 Å². The van der Waals surface area contributed by atoms with E-state index in [1.807, 2.05) is 13.8 Å². The van der Waals surface area contributed by atoms with E-state index in [1.54, 1.807) is 30.3 Å². The second-order valence-corrected chi connectivity index (χ2v) is 8.30. The smallest absolute Gasteiger partial charge is 0.229 e. The quantitative estimate of drug-likeness (QED) is 0.827. The number of anilines is 1. The molecule has 1 heterocycles. The second-order valence-electron chi connectivity index (χ2n) is 5.25. The maximum absolute atomic E-state index is 12.3. The molecule has 0 fully saturated rings. The number of aromatic nitrogens is 2. The maximum atomic E-state index is 12.3. The summed E-state index contributed by atoms with van der Waals surface area (Å²) in [5.74, 6) is -0.462. The summed E-state index contributed by atoms with van der Waals surface area (Å²) in [6, 6.07) is 8.20. The fourth-order valence-corrected chi connectivity index (χ4v) is 4.39. The highest BCUT2D eigenvalue weighted by molar-refractivity contribution is 7.90. The first-order chi connectivity index (χ1) is 10.9. The molecule has 2 rings (SSSR count). The van der Waals surface area contributed by atoms with E-state index < -0.39 is 9.84 Å². The lowest BCUT2D eigenvalue weighted by Crippen LogP contribution is -2.20. The third-order valence-electron chi connectivity index (χ3n) is 3.28. The molecule has 0 aliphatic heterocycles. The van der Waals surface area contributed by atoms with Gasteiger partial charge in [0.25, 0.3) is 0 Å². The zero-order chi connectivity index (χ0) is 16.9. The van der Waals surface area contributed by atoms with E-state index >= 15 is 0 Å². The highest BCUT2D eigenvalue weighted by Crippen LogP contribution is 2.22. The third-order valence-corrected chi connectivity index (χ3v) is 5.95. The van der Waals surface area contributed by atoms with E-state index in [0.717, 1.165) is 24.2 Å². The van der Waals surface area contributed by atoms with Gasteiger partial charge in [-0.05, 0) is 18.6 Å². The number of rotatable bonds is 7. The minimum atomic E-state index is -3.46. The van der Waals surface area contributed by atoms with Gasteiger partial charge in [0, 0.05) is 5.92 Å². The molecule has 0 saturated heterocycles. The lowest BCUT2D eigenvalue weighted by atomic mass is 10.1. The van der Waals surface area contributed by atoms with Crippen LogP contribution in [0.15, 0.2) is 35.2 Å². The van der Waals surface area contributed by atoms with E-state index in [1.165, 1.54) is 0 Å². The van der Waals surface area contributed by atoms with E-state index in [0.29, 0.717) is 10.1 Å². The molecule has 0 aliphatic carbocycles. The number of benzene rings is 1. The first-order valence-electron chi connectivity index (χ1n) is 7.33. The van der Waals surface area contributed by atoms with Crippen LogP contribution < -0.4 is 5.32 Å². The minimum Gasteiger partial charge on any atom is -0.300 e. The first-order valence-corrected chi connectivity index (χ1v) is 9.80. The largest absolute Gasteiger partial charge is 0.300 e. The van der Waals surface area contributed by atoms with Crippen molar-refractivity contribution in [1.82, 2.24) is 10.2 Å². The summed E-state index contributed by atoms with van der Waals surface area (Å²) in [5, 5.41) is 11.1. The zero-order valence-corrected chi connectivity index (χ0v) is 14.7. The van der Waals surface area contributed by atoms with Crippen molar-refractivity contribution in [1.29, 1.82) is 0 Å². The lowest BCUT2D eigenvalue weighted by molar-refractivity contribution is -0.119. The van der Waals surface area contributed by atoms with Gasteiger partial charge in [-0.25, -0.2) is 8.42 Å². The van der Waals surface area contributed by atoms with Gasteiger partial charge in [0.05, 0.1) is 4.90 Å². The fourth-order valence-electron chi connectivity index (χ4n) is 2.03. The monoisotopic (exact) mass is 353 g/mol. The van der Waals surface area contributed by atoms with Crippen LogP contribution in [0.1, 0.15) is 31.7 Å². The number of nitrogens with one attached hydrogen (secondary N) is 1. The Morgan fingerprint density at radius 1 is 1.26 bits per heavy atom. The Balaban J connectivity index is 2.04. The normalized spacial score (nSPS) is 12.8. The van der Waals surface area contributed by atoms with E-state index in [-0.39, 0.29) is 22.5 Å². The number of sulfone groups is 1. The Kier molecular flexibility index (Phi) is 5.84. The SMILES string of the molecule is CCC[C@@H](C)C(=O)Nc1nnc(CS(=O)(=O)c2ccccc2)s1. The van der Waals surface area contributed by atoms with Crippen LogP contribution in [0.5, 0.6) is 0 Å². The van der Waals surface area contributed by atoms with Crippen molar-refractivity contribution >= 4 is 32.2 Å². The minimum absolute atomic E-state index is 0.111. The molecule has 1 aromatic carbocycles. The van der Waals surface area contributed by atoms with Gasteiger partial charge >= 0.3 is 0 Å². The molecule has 0 unspecified atom stereocenters. The van der Waals surface area contributed by atoms with Crippen LogP contribution in [0, 0.1) is 5.92 Å². The van der Waals surface area contributed by atoms with Gasteiger partial charge in [-0.15, -0.1) is 10.2 Å². The maximum Gasteiger partial charge on any atom is 0.229 e. The highest BCUT2D eigenvalue weighted by Gasteiger charge is 2.19. The van der Waals surface area contributed by atoms with Gasteiger partial charge in [-0.3, -0.25) is 4.79 Å². The average molecular weight is 353 g/mol. The van der Waals surface area contributed by atoms with Crippen LogP contribution in [0.4, 0.5) is 5.13 Å². The Labute approximate surface area is 139 Å². The molecular formula is C15H19N3O3S2. The molecular weight excluding hydrogens is 334 g/mol. The molecule has 124 valence electrons. The molecule has 6 nitrogen and oxygen atoms in total. The van der Waals surface area contributed by atoms with Crippen molar-refractivity contribution in [2.24, 2.45) is 5.92 Å². The predicted octanol–water partition coefficient (Wildman–Crippen LogP) is 2.89. The summed E-state index contributed by atoms with van der Waals surface area (Å²) in [5.41, 5.74) is 0. The molecule has 0 bridgehead atoms. The van der Waals surface area contributed by atoms with Gasteiger partial charge < -0.3 is 5.32 Å². The number of hydrogen-bond donors (Lipinski definition) is 1. The number of nitrogens with zero attached hydrogens (tertiary/aromatic N) is 2. The standard InChI is InChI=1S/C15H19N3O3S2/c1-3-7-11(2)14(19)16-15-18-17-13(22-15)10-23(20,21)12-8-5-4-6-9-12/h4-6,8-9,11H,3,7,10H2,1-2H3,(H,16,18,19)/t11-/m1/s1. The number of carbonyl (C=O) groups excluding carboxylic acids is 1. The van der Waals surface area contributed by atoms with Gasteiger partial charge in [-0.2, -0.15) is 0 Å². The van der Waals surface area contributed by atoms with Gasteiger partial charge in [0.2, 0.25) is 11.0 Å². The Bertz CT molecular complexity index is 757. The Morgan fingerprint density at radius 2 is 1.96 bits per heavy atom. The Morgan fingerprint density at radius 3 is 2.61 bits per heavy atom. The van der Waals surface area contributed by atoms with Crippen molar-refractivity contribution in [3.63, 3.8) is 0 Å². The molecule has 23 heavy (non-hydrogen) atoms. The van der Waals surface area contributed by atoms with Gasteiger partial charge in [-0.1, -0.05) is 49.8 Å². The van der Waals surface area contributed by atoms with E-state index in [4.69, 9.17) is 0 Å². The van der Waals surface area contributed by atoms with E-state index in [2.05, 4.69) is 15.5 Å². The summed E-state index contributed by atoms with van der Waals surface area (Å²) in [6.45, 7) is 3.86. The molecule has 0 radical (unpaired) electrons. The van der Waals surface area contributed by atoms with Gasteiger partial charge in [0.15, 0.2) is 9.84 Å². The molecule has 0 spiro atoms. The molecule has 1 aromatic heterocycles. The number of amides is 1. The number of hydrogen-bond acceptors (Lipinski definition) is 6. The van der Waals surface area contributed by atoms with Crippen molar-refractivity contribution in [3.8, 4) is 0 Å². The van der Waals surface area contributed by atoms with E-state index in [9.17, 15) is 13.2 Å². The first kappa shape index (κ1) is 17.6. The summed E-state index contributed by atoms with van der Waals surface area (Å²) >= 11 is 1.08. The lowest BCUT2D eigenvalue weighted by Gasteiger charge is -2.07. The van der Waals surface area contributed by atoms with Crippen molar-refractivity contribution in [2.45, 2.75) is 37.3 Å². The Hall–Kier alpha value is -1.80. The van der Waals surface area contributed by atoms with Crippen LogP contribution in [-0.2, 0) is 20.4 Å². The van der Waals surface area contributed by atoms with Crippen LogP contribution in [0.3, 0.4) is 0 Å². The van der Waals surface area contributed by atoms with Crippen molar-refractivity contribution in [2.75, 3.05) is 5.32 Å². The summed E-state index contributed by atoms with van der Waals surface area (Å²) in [7, 11) is -3.46.